The quantitative estimate of drug-likeness (QED) is 0.838. The van der Waals surface area contributed by atoms with Crippen LogP contribution < -0.4 is 5.73 Å². The Kier molecular flexibility index (Phi) is 2.90. The maximum Gasteiger partial charge on any atom is 0.254 e. The Hall–Kier alpha value is -1.35. The van der Waals surface area contributed by atoms with Crippen molar-refractivity contribution in [1.82, 2.24) is 4.90 Å². The minimum Gasteiger partial charge on any atom is -0.332 e. The van der Waals surface area contributed by atoms with Crippen molar-refractivity contribution in [2.24, 2.45) is 5.73 Å². The van der Waals surface area contributed by atoms with E-state index in [0.29, 0.717) is 0 Å². The molecule has 1 saturated heterocycles. The van der Waals surface area contributed by atoms with Crippen LogP contribution in [-0.4, -0.2) is 28.9 Å². The zero-order valence-electron chi connectivity index (χ0n) is 11.8. The summed E-state index contributed by atoms with van der Waals surface area (Å²) in [4.78, 5) is 14.6. The molecule has 1 aliphatic carbocycles. The number of aryl methyl sites for hydroxylation is 2. The molecule has 1 fully saturated rings. The van der Waals surface area contributed by atoms with Gasteiger partial charge in [-0.15, -0.1) is 0 Å². The van der Waals surface area contributed by atoms with Crippen LogP contribution in [-0.2, 0) is 12.8 Å². The number of nitrogens with zero attached hydrogens (tertiary/aromatic N) is 1. The van der Waals surface area contributed by atoms with Gasteiger partial charge in [0, 0.05) is 18.2 Å². The first-order valence-electron chi connectivity index (χ1n) is 7.19. The molecule has 3 rings (SSSR count). The molecule has 0 aromatic heterocycles. The van der Waals surface area contributed by atoms with Gasteiger partial charge in [-0.25, -0.2) is 0 Å². The van der Waals surface area contributed by atoms with Gasteiger partial charge in [0.15, 0.2) is 0 Å². The van der Waals surface area contributed by atoms with Crippen molar-refractivity contribution in [2.75, 3.05) is 6.54 Å². The van der Waals surface area contributed by atoms with Gasteiger partial charge in [-0.3, -0.25) is 4.79 Å². The first kappa shape index (κ1) is 12.7. The predicted octanol–water partition coefficient (Wildman–Crippen LogP) is 2.13. The largest absolute Gasteiger partial charge is 0.332 e. The predicted molar refractivity (Wildman–Crippen MR) is 76.2 cm³/mol. The summed E-state index contributed by atoms with van der Waals surface area (Å²) >= 11 is 0. The van der Waals surface area contributed by atoms with E-state index in [2.05, 4.69) is 26.0 Å². The molecule has 2 N–H and O–H groups in total. The number of hydrogen-bond donors (Lipinski definition) is 1. The van der Waals surface area contributed by atoms with Crippen LogP contribution in [0.15, 0.2) is 18.2 Å². The van der Waals surface area contributed by atoms with Crippen molar-refractivity contribution in [3.05, 3.63) is 34.9 Å². The molecule has 1 aromatic rings. The van der Waals surface area contributed by atoms with E-state index in [4.69, 9.17) is 5.73 Å². The monoisotopic (exact) mass is 258 g/mol. The second-order valence-electron chi connectivity index (χ2n) is 6.34. The second-order valence-corrected chi connectivity index (χ2v) is 6.34. The van der Waals surface area contributed by atoms with Gasteiger partial charge in [0.2, 0.25) is 0 Å². The fourth-order valence-corrected chi connectivity index (χ4v) is 3.33. The van der Waals surface area contributed by atoms with Crippen LogP contribution in [0, 0.1) is 0 Å². The summed E-state index contributed by atoms with van der Waals surface area (Å²) in [5, 5.41) is 0. The molecule has 0 saturated carbocycles. The van der Waals surface area contributed by atoms with Gasteiger partial charge >= 0.3 is 0 Å². The summed E-state index contributed by atoms with van der Waals surface area (Å²) in [6, 6.07) is 6.26. The Bertz CT molecular complexity index is 521. The van der Waals surface area contributed by atoms with Gasteiger partial charge in [-0.05, 0) is 62.8 Å². The number of benzene rings is 1. The van der Waals surface area contributed by atoms with Crippen molar-refractivity contribution < 1.29 is 4.79 Å². The average Bonchev–Trinajstić information content (AvgIpc) is 2.94. The minimum absolute atomic E-state index is 0.0749. The zero-order chi connectivity index (χ0) is 13.6. The van der Waals surface area contributed by atoms with Crippen molar-refractivity contribution in [3.63, 3.8) is 0 Å². The Labute approximate surface area is 114 Å². The molecule has 0 spiro atoms. The molecule has 1 heterocycles. The van der Waals surface area contributed by atoms with E-state index in [-0.39, 0.29) is 17.5 Å². The fraction of sp³-hybridized carbons (Fsp3) is 0.562. The SMILES string of the molecule is CC1(C)C(N)CCN1C(=O)c1ccc2c(c1)CCC2. The average molecular weight is 258 g/mol. The first-order valence-corrected chi connectivity index (χ1v) is 7.19. The minimum atomic E-state index is -0.240. The number of nitrogens with two attached hydrogens (primary N) is 1. The normalized spacial score (nSPS) is 24.6. The standard InChI is InChI=1S/C16H22N2O/c1-16(2)14(17)8-9-18(16)15(19)13-7-6-11-4-3-5-12(11)10-13/h6-7,10,14H,3-5,8-9,17H2,1-2H3. The van der Waals surface area contributed by atoms with Crippen LogP contribution in [0.3, 0.4) is 0 Å². The van der Waals surface area contributed by atoms with Crippen LogP contribution in [0.25, 0.3) is 0 Å². The highest BCUT2D eigenvalue weighted by Crippen LogP contribution is 2.30. The molecule has 1 amide bonds. The van der Waals surface area contributed by atoms with Gasteiger partial charge in [-0.2, -0.15) is 0 Å². The van der Waals surface area contributed by atoms with Crippen molar-refractivity contribution in [2.45, 2.75) is 51.1 Å². The summed E-state index contributed by atoms with van der Waals surface area (Å²) in [6.45, 7) is 4.90. The molecule has 1 atom stereocenters. The van der Waals surface area contributed by atoms with Crippen LogP contribution >= 0.6 is 0 Å². The molecule has 3 nitrogen and oxygen atoms in total. The molecule has 102 valence electrons. The molecule has 1 aliphatic heterocycles. The molecular formula is C16H22N2O. The van der Waals surface area contributed by atoms with E-state index >= 15 is 0 Å². The number of rotatable bonds is 1. The molecule has 2 aliphatic rings. The third kappa shape index (κ3) is 1.96. The summed E-state index contributed by atoms with van der Waals surface area (Å²) in [5.41, 5.74) is 9.46. The lowest BCUT2D eigenvalue weighted by molar-refractivity contribution is 0.0637. The number of carbonyl (C=O) groups is 1. The van der Waals surface area contributed by atoms with Gasteiger partial charge < -0.3 is 10.6 Å². The fourth-order valence-electron chi connectivity index (χ4n) is 3.33. The van der Waals surface area contributed by atoms with Gasteiger partial charge in [-0.1, -0.05) is 6.07 Å². The summed E-state index contributed by atoms with van der Waals surface area (Å²) in [6.07, 6.45) is 4.37. The maximum absolute atomic E-state index is 12.7. The maximum atomic E-state index is 12.7. The number of hydrogen-bond acceptors (Lipinski definition) is 2. The Morgan fingerprint density at radius 3 is 2.74 bits per heavy atom. The molecular weight excluding hydrogens is 236 g/mol. The summed E-state index contributed by atoms with van der Waals surface area (Å²) in [7, 11) is 0. The highest BCUT2D eigenvalue weighted by molar-refractivity contribution is 5.95. The number of carbonyl (C=O) groups excluding carboxylic acids is 1. The third-order valence-corrected chi connectivity index (χ3v) is 4.86. The van der Waals surface area contributed by atoms with Crippen molar-refractivity contribution in [3.8, 4) is 0 Å². The topological polar surface area (TPSA) is 46.3 Å². The number of likely N-dealkylation sites (tertiary alicyclic amines) is 1. The molecule has 1 aromatic carbocycles. The third-order valence-electron chi connectivity index (χ3n) is 4.86. The van der Waals surface area contributed by atoms with E-state index in [9.17, 15) is 4.79 Å². The second kappa shape index (κ2) is 4.34. The van der Waals surface area contributed by atoms with E-state index < -0.39 is 0 Å². The Morgan fingerprint density at radius 2 is 2.05 bits per heavy atom. The molecule has 19 heavy (non-hydrogen) atoms. The van der Waals surface area contributed by atoms with Crippen LogP contribution in [0.2, 0.25) is 0 Å². The Morgan fingerprint density at radius 1 is 1.32 bits per heavy atom. The number of fused-ring (bicyclic) bond motifs is 1. The summed E-state index contributed by atoms with van der Waals surface area (Å²) in [5.74, 6) is 0.132. The van der Waals surface area contributed by atoms with E-state index in [1.807, 2.05) is 11.0 Å². The van der Waals surface area contributed by atoms with Gasteiger partial charge in [0.1, 0.15) is 0 Å². The number of amides is 1. The molecule has 3 heteroatoms. The van der Waals surface area contributed by atoms with Gasteiger partial charge in [0.25, 0.3) is 5.91 Å². The highest BCUT2D eigenvalue weighted by atomic mass is 16.2. The van der Waals surface area contributed by atoms with Crippen molar-refractivity contribution in [1.29, 1.82) is 0 Å². The van der Waals surface area contributed by atoms with Crippen LogP contribution in [0.4, 0.5) is 0 Å². The smallest absolute Gasteiger partial charge is 0.254 e. The van der Waals surface area contributed by atoms with Crippen LogP contribution in [0.1, 0.15) is 48.2 Å². The molecule has 0 radical (unpaired) electrons. The van der Waals surface area contributed by atoms with E-state index in [1.54, 1.807) is 0 Å². The van der Waals surface area contributed by atoms with E-state index in [0.717, 1.165) is 31.4 Å². The van der Waals surface area contributed by atoms with E-state index in [1.165, 1.54) is 17.5 Å². The molecule has 1 unspecified atom stereocenters. The van der Waals surface area contributed by atoms with Crippen LogP contribution in [0.5, 0.6) is 0 Å². The van der Waals surface area contributed by atoms with Crippen molar-refractivity contribution >= 4 is 5.91 Å². The highest BCUT2D eigenvalue weighted by Gasteiger charge is 2.42. The zero-order valence-corrected chi connectivity index (χ0v) is 11.8. The lowest BCUT2D eigenvalue weighted by Gasteiger charge is -2.34. The lowest BCUT2D eigenvalue weighted by atomic mass is 9.96. The molecule has 0 bridgehead atoms. The lowest BCUT2D eigenvalue weighted by Crippen LogP contribution is -2.51. The first-order chi connectivity index (χ1) is 9.00. The summed E-state index contributed by atoms with van der Waals surface area (Å²) < 4.78 is 0. The van der Waals surface area contributed by atoms with Gasteiger partial charge in [0.05, 0.1) is 5.54 Å². The Balaban J connectivity index is 1.89.